The van der Waals surface area contributed by atoms with Crippen LogP contribution in [0.1, 0.15) is 30.9 Å². The van der Waals surface area contributed by atoms with Crippen LogP contribution in [0.25, 0.3) is 0 Å². The molecule has 2 atom stereocenters. The standard InChI is InChI=1S/C17H21F2N3O2/c1-21(7-2-6-20)17(24)5-8-22-11-13(23)10-16(22)12-3-4-14(18)15(19)9-12/h3-4,9,13,16,23H,2,5,7-8,10-11H2,1H3/t13-,16+/m0/s1. The molecule has 1 aliphatic heterocycles. The molecule has 0 bridgehead atoms. The van der Waals surface area contributed by atoms with Gasteiger partial charge in [0.05, 0.1) is 18.6 Å². The van der Waals surface area contributed by atoms with E-state index in [1.165, 1.54) is 11.0 Å². The number of nitriles is 1. The number of aliphatic hydroxyl groups is 1. The highest BCUT2D eigenvalue weighted by molar-refractivity contribution is 5.76. The number of amides is 1. The van der Waals surface area contributed by atoms with Crippen molar-refractivity contribution in [1.29, 1.82) is 5.26 Å². The van der Waals surface area contributed by atoms with E-state index < -0.39 is 17.7 Å². The summed E-state index contributed by atoms with van der Waals surface area (Å²) in [5, 5.41) is 18.5. The van der Waals surface area contributed by atoms with Gasteiger partial charge in [-0.15, -0.1) is 0 Å². The van der Waals surface area contributed by atoms with E-state index in [0.717, 1.165) is 12.1 Å². The molecule has 1 aliphatic rings. The highest BCUT2D eigenvalue weighted by atomic mass is 19.2. The van der Waals surface area contributed by atoms with E-state index in [4.69, 9.17) is 5.26 Å². The Morgan fingerprint density at radius 3 is 2.88 bits per heavy atom. The van der Waals surface area contributed by atoms with Crippen molar-refractivity contribution >= 4 is 5.91 Å². The van der Waals surface area contributed by atoms with E-state index in [1.807, 2.05) is 11.0 Å². The summed E-state index contributed by atoms with van der Waals surface area (Å²) in [6, 6.07) is 5.48. The lowest BCUT2D eigenvalue weighted by Gasteiger charge is -2.25. The quantitative estimate of drug-likeness (QED) is 0.860. The highest BCUT2D eigenvalue weighted by Gasteiger charge is 2.32. The SMILES string of the molecule is CN(CCC#N)C(=O)CCN1C[C@@H](O)C[C@@H]1c1ccc(F)c(F)c1. The summed E-state index contributed by atoms with van der Waals surface area (Å²) in [6.45, 7) is 1.18. The smallest absolute Gasteiger partial charge is 0.223 e. The van der Waals surface area contributed by atoms with Gasteiger partial charge in [-0.1, -0.05) is 6.07 Å². The van der Waals surface area contributed by atoms with E-state index >= 15 is 0 Å². The lowest BCUT2D eigenvalue weighted by atomic mass is 10.0. The number of halogens is 2. The summed E-state index contributed by atoms with van der Waals surface area (Å²) >= 11 is 0. The Morgan fingerprint density at radius 2 is 2.21 bits per heavy atom. The van der Waals surface area contributed by atoms with Crippen molar-refractivity contribution in [3.8, 4) is 6.07 Å². The van der Waals surface area contributed by atoms with Gasteiger partial charge in [0, 0.05) is 39.1 Å². The molecule has 1 saturated heterocycles. The number of carbonyl (C=O) groups is 1. The molecule has 1 aromatic carbocycles. The van der Waals surface area contributed by atoms with Crippen molar-refractivity contribution in [2.75, 3.05) is 26.7 Å². The summed E-state index contributed by atoms with van der Waals surface area (Å²) in [7, 11) is 1.64. The topological polar surface area (TPSA) is 67.6 Å². The van der Waals surface area contributed by atoms with Crippen LogP contribution < -0.4 is 0 Å². The maximum Gasteiger partial charge on any atom is 0.223 e. The maximum absolute atomic E-state index is 13.5. The van der Waals surface area contributed by atoms with Crippen LogP contribution in [-0.4, -0.2) is 53.6 Å². The first-order chi connectivity index (χ1) is 11.4. The predicted octanol–water partition coefficient (Wildman–Crippen LogP) is 1.83. The van der Waals surface area contributed by atoms with Crippen molar-refractivity contribution in [3.05, 3.63) is 35.4 Å². The second kappa shape index (κ2) is 8.18. The van der Waals surface area contributed by atoms with Crippen molar-refractivity contribution in [2.45, 2.75) is 31.4 Å². The summed E-state index contributed by atoms with van der Waals surface area (Å²) in [4.78, 5) is 15.5. The number of β-amino-alcohol motifs (C(OH)–C–C–N with tert-alkyl or cyclic N) is 1. The van der Waals surface area contributed by atoms with Crippen LogP contribution in [0.15, 0.2) is 18.2 Å². The lowest BCUT2D eigenvalue weighted by molar-refractivity contribution is -0.130. The molecule has 24 heavy (non-hydrogen) atoms. The molecule has 1 fully saturated rings. The molecule has 7 heteroatoms. The van der Waals surface area contributed by atoms with E-state index in [0.29, 0.717) is 31.6 Å². The van der Waals surface area contributed by atoms with E-state index in [1.54, 1.807) is 7.05 Å². The van der Waals surface area contributed by atoms with Crippen molar-refractivity contribution < 1.29 is 18.7 Å². The number of benzene rings is 1. The Kier molecular flexibility index (Phi) is 6.23. The molecule has 1 amide bonds. The van der Waals surface area contributed by atoms with Gasteiger partial charge >= 0.3 is 0 Å². The third kappa shape index (κ3) is 4.49. The van der Waals surface area contributed by atoms with Gasteiger partial charge in [0.15, 0.2) is 11.6 Å². The number of rotatable bonds is 6. The Balaban J connectivity index is 1.99. The number of hydrogen-bond donors (Lipinski definition) is 1. The second-order valence-corrected chi connectivity index (χ2v) is 6.05. The average Bonchev–Trinajstić information content (AvgIpc) is 2.93. The molecule has 0 saturated carbocycles. The molecule has 1 aromatic rings. The first-order valence-corrected chi connectivity index (χ1v) is 7.90. The van der Waals surface area contributed by atoms with Crippen LogP contribution >= 0.6 is 0 Å². The third-order valence-corrected chi connectivity index (χ3v) is 4.31. The van der Waals surface area contributed by atoms with Gasteiger partial charge in [0.2, 0.25) is 5.91 Å². The Hall–Kier alpha value is -2.04. The molecular weight excluding hydrogens is 316 g/mol. The van der Waals surface area contributed by atoms with Gasteiger partial charge in [-0.2, -0.15) is 5.26 Å². The van der Waals surface area contributed by atoms with Crippen LogP contribution in [0.4, 0.5) is 8.78 Å². The summed E-state index contributed by atoms with van der Waals surface area (Å²) in [5.41, 5.74) is 0.593. The zero-order chi connectivity index (χ0) is 17.7. The number of nitrogens with zero attached hydrogens (tertiary/aromatic N) is 3. The number of carbonyl (C=O) groups excluding carboxylic acids is 1. The first kappa shape index (κ1) is 18.3. The molecule has 0 spiro atoms. The van der Waals surface area contributed by atoms with Crippen molar-refractivity contribution in [1.82, 2.24) is 9.80 Å². The highest BCUT2D eigenvalue weighted by Crippen LogP contribution is 2.32. The minimum Gasteiger partial charge on any atom is -0.392 e. The van der Waals surface area contributed by atoms with Gasteiger partial charge in [-0.25, -0.2) is 8.78 Å². The van der Waals surface area contributed by atoms with Crippen molar-refractivity contribution in [3.63, 3.8) is 0 Å². The number of hydrogen-bond acceptors (Lipinski definition) is 4. The Labute approximate surface area is 140 Å². The molecule has 0 unspecified atom stereocenters. The van der Waals surface area contributed by atoms with Gasteiger partial charge < -0.3 is 10.0 Å². The Morgan fingerprint density at radius 1 is 1.46 bits per heavy atom. The molecule has 1 N–H and O–H groups in total. The molecular formula is C17H21F2N3O2. The molecule has 130 valence electrons. The summed E-state index contributed by atoms with van der Waals surface area (Å²) < 4.78 is 26.5. The predicted molar refractivity (Wildman–Crippen MR) is 83.8 cm³/mol. The third-order valence-electron chi connectivity index (χ3n) is 4.31. The second-order valence-electron chi connectivity index (χ2n) is 6.05. The summed E-state index contributed by atoms with van der Waals surface area (Å²) in [5.74, 6) is -1.91. The molecule has 0 radical (unpaired) electrons. The molecule has 0 aromatic heterocycles. The van der Waals surface area contributed by atoms with E-state index in [-0.39, 0.29) is 24.8 Å². The van der Waals surface area contributed by atoms with Crippen LogP contribution in [0.5, 0.6) is 0 Å². The average molecular weight is 337 g/mol. The largest absolute Gasteiger partial charge is 0.392 e. The van der Waals surface area contributed by atoms with E-state index in [9.17, 15) is 18.7 Å². The fraction of sp³-hybridized carbons (Fsp3) is 0.529. The van der Waals surface area contributed by atoms with Gasteiger partial charge in [0.1, 0.15) is 0 Å². The fourth-order valence-corrected chi connectivity index (χ4v) is 2.97. The monoisotopic (exact) mass is 337 g/mol. The fourth-order valence-electron chi connectivity index (χ4n) is 2.97. The van der Waals surface area contributed by atoms with Gasteiger partial charge in [-0.05, 0) is 24.1 Å². The molecule has 0 aliphatic carbocycles. The first-order valence-electron chi connectivity index (χ1n) is 7.90. The van der Waals surface area contributed by atoms with Gasteiger partial charge in [0.25, 0.3) is 0 Å². The number of aliphatic hydroxyl groups excluding tert-OH is 1. The van der Waals surface area contributed by atoms with Crippen LogP contribution in [0, 0.1) is 23.0 Å². The Bertz CT molecular complexity index is 633. The zero-order valence-corrected chi connectivity index (χ0v) is 13.6. The zero-order valence-electron chi connectivity index (χ0n) is 13.6. The minimum absolute atomic E-state index is 0.0873. The summed E-state index contributed by atoms with van der Waals surface area (Å²) in [6.07, 6.45) is 0.384. The van der Waals surface area contributed by atoms with Crippen LogP contribution in [0.3, 0.4) is 0 Å². The molecule has 5 nitrogen and oxygen atoms in total. The van der Waals surface area contributed by atoms with Crippen LogP contribution in [0.2, 0.25) is 0 Å². The number of likely N-dealkylation sites (tertiary alicyclic amines) is 1. The minimum atomic E-state index is -0.916. The van der Waals surface area contributed by atoms with Gasteiger partial charge in [-0.3, -0.25) is 9.69 Å². The van der Waals surface area contributed by atoms with E-state index in [2.05, 4.69) is 0 Å². The normalized spacial score (nSPS) is 20.8. The van der Waals surface area contributed by atoms with Crippen LogP contribution in [-0.2, 0) is 4.79 Å². The molecule has 1 heterocycles. The lowest BCUT2D eigenvalue weighted by Crippen LogP contribution is -2.33. The maximum atomic E-state index is 13.5. The van der Waals surface area contributed by atoms with Crippen molar-refractivity contribution in [2.24, 2.45) is 0 Å². The molecule has 2 rings (SSSR count).